The molecule has 0 radical (unpaired) electrons. The summed E-state index contributed by atoms with van der Waals surface area (Å²) in [6, 6.07) is 11.4. The van der Waals surface area contributed by atoms with Crippen molar-refractivity contribution >= 4 is 10.9 Å². The van der Waals surface area contributed by atoms with Crippen LogP contribution in [0.3, 0.4) is 0 Å². The third kappa shape index (κ3) is 2.57. The molecule has 0 atom stereocenters. The monoisotopic (exact) mass is 309 g/mol. The van der Waals surface area contributed by atoms with Crippen LogP contribution in [0.25, 0.3) is 22.2 Å². The number of ether oxygens (including phenoxy) is 2. The molecule has 0 unspecified atom stereocenters. The van der Waals surface area contributed by atoms with E-state index in [1.165, 1.54) is 0 Å². The van der Waals surface area contributed by atoms with E-state index in [2.05, 4.69) is 0 Å². The molecule has 0 bridgehead atoms. The fourth-order valence-electron chi connectivity index (χ4n) is 2.76. The maximum atomic E-state index is 9.91. The lowest BCUT2D eigenvalue weighted by Crippen LogP contribution is -1.95. The second kappa shape index (κ2) is 5.80. The summed E-state index contributed by atoms with van der Waals surface area (Å²) in [6.07, 6.45) is 0. The van der Waals surface area contributed by atoms with E-state index < -0.39 is 0 Å². The zero-order chi connectivity index (χ0) is 16.6. The van der Waals surface area contributed by atoms with Gasteiger partial charge in [-0.05, 0) is 55.3 Å². The van der Waals surface area contributed by atoms with Crippen LogP contribution in [0.1, 0.15) is 11.1 Å². The van der Waals surface area contributed by atoms with Crippen LogP contribution in [0.5, 0.6) is 17.2 Å². The highest BCUT2D eigenvalue weighted by molar-refractivity contribution is 5.88. The van der Waals surface area contributed by atoms with E-state index in [1.54, 1.807) is 20.3 Å². The van der Waals surface area contributed by atoms with Gasteiger partial charge in [0.05, 0.1) is 25.4 Å². The van der Waals surface area contributed by atoms with E-state index in [-0.39, 0.29) is 5.75 Å². The first kappa shape index (κ1) is 15.2. The number of rotatable bonds is 3. The van der Waals surface area contributed by atoms with Crippen LogP contribution < -0.4 is 9.47 Å². The number of aromatic hydroxyl groups is 1. The summed E-state index contributed by atoms with van der Waals surface area (Å²) >= 11 is 0. The number of hydrogen-bond donors (Lipinski definition) is 1. The molecule has 0 saturated heterocycles. The molecule has 3 rings (SSSR count). The van der Waals surface area contributed by atoms with Crippen LogP contribution in [0.4, 0.5) is 0 Å². The van der Waals surface area contributed by atoms with Crippen LogP contribution in [0.2, 0.25) is 0 Å². The van der Waals surface area contributed by atoms with Crippen LogP contribution in [-0.2, 0) is 0 Å². The molecule has 1 heterocycles. The minimum Gasteiger partial charge on any atom is -0.508 e. The number of hydrogen-bond acceptors (Lipinski definition) is 4. The summed E-state index contributed by atoms with van der Waals surface area (Å²) in [4.78, 5) is 4.75. The molecule has 1 aromatic heterocycles. The minimum atomic E-state index is 0.286. The van der Waals surface area contributed by atoms with E-state index in [1.807, 2.05) is 44.2 Å². The first-order chi connectivity index (χ1) is 11.0. The van der Waals surface area contributed by atoms with Crippen molar-refractivity contribution in [2.75, 3.05) is 14.2 Å². The Morgan fingerprint density at radius 3 is 2.43 bits per heavy atom. The molecular weight excluding hydrogens is 290 g/mol. The van der Waals surface area contributed by atoms with Gasteiger partial charge in [0.1, 0.15) is 5.75 Å². The van der Waals surface area contributed by atoms with Crippen molar-refractivity contribution in [3.05, 3.63) is 47.5 Å². The summed E-state index contributed by atoms with van der Waals surface area (Å²) in [7, 11) is 3.24. The molecule has 118 valence electrons. The van der Waals surface area contributed by atoms with Crippen molar-refractivity contribution in [1.29, 1.82) is 0 Å². The highest BCUT2D eigenvalue weighted by atomic mass is 16.5. The molecule has 0 aliphatic rings. The average Bonchev–Trinajstić information content (AvgIpc) is 2.55. The number of benzene rings is 2. The fraction of sp³-hybridized carbons (Fsp3) is 0.211. The third-order valence-corrected chi connectivity index (χ3v) is 4.01. The molecule has 0 aliphatic heterocycles. The van der Waals surface area contributed by atoms with Gasteiger partial charge < -0.3 is 14.6 Å². The minimum absolute atomic E-state index is 0.286. The maximum Gasteiger partial charge on any atom is 0.170 e. The first-order valence-electron chi connectivity index (χ1n) is 7.37. The highest BCUT2D eigenvalue weighted by Crippen LogP contribution is 2.38. The molecule has 1 N–H and O–H groups in total. The molecule has 23 heavy (non-hydrogen) atoms. The quantitative estimate of drug-likeness (QED) is 0.786. The van der Waals surface area contributed by atoms with E-state index in [0.29, 0.717) is 11.5 Å². The van der Waals surface area contributed by atoms with Crippen LogP contribution in [-0.4, -0.2) is 24.3 Å². The Morgan fingerprint density at radius 1 is 0.957 bits per heavy atom. The smallest absolute Gasteiger partial charge is 0.170 e. The molecule has 0 fully saturated rings. The number of aromatic nitrogens is 1. The number of fused-ring (bicyclic) bond motifs is 1. The lowest BCUT2D eigenvalue weighted by Gasteiger charge is -2.14. The van der Waals surface area contributed by atoms with Crippen molar-refractivity contribution in [1.82, 2.24) is 4.98 Å². The lowest BCUT2D eigenvalue weighted by atomic mass is 10.0. The number of nitrogens with zero attached hydrogens (tertiary/aromatic N) is 1. The molecular formula is C19H19NO3. The van der Waals surface area contributed by atoms with E-state index in [0.717, 1.165) is 33.3 Å². The largest absolute Gasteiger partial charge is 0.508 e. The Balaban J connectivity index is 2.27. The Morgan fingerprint density at radius 2 is 1.74 bits per heavy atom. The molecule has 3 aromatic rings. The average molecular weight is 309 g/mol. The van der Waals surface area contributed by atoms with Gasteiger partial charge in [-0.3, -0.25) is 0 Å². The predicted molar refractivity (Wildman–Crippen MR) is 91.4 cm³/mol. The van der Waals surface area contributed by atoms with Crippen LogP contribution in [0, 0.1) is 13.8 Å². The number of methoxy groups -OCH3 is 2. The Hall–Kier alpha value is -2.75. The zero-order valence-electron chi connectivity index (χ0n) is 13.7. The summed E-state index contributed by atoms with van der Waals surface area (Å²) in [5, 5.41) is 10.9. The van der Waals surface area contributed by atoms with Gasteiger partial charge in [0, 0.05) is 10.9 Å². The van der Waals surface area contributed by atoms with E-state index >= 15 is 0 Å². The molecule has 0 spiro atoms. The summed E-state index contributed by atoms with van der Waals surface area (Å²) < 4.78 is 10.9. The summed E-state index contributed by atoms with van der Waals surface area (Å²) in [6.45, 7) is 3.87. The Labute approximate surface area is 135 Å². The highest BCUT2D eigenvalue weighted by Gasteiger charge is 2.14. The zero-order valence-corrected chi connectivity index (χ0v) is 13.7. The second-order valence-corrected chi connectivity index (χ2v) is 5.52. The Bertz CT molecular complexity index is 887. The van der Waals surface area contributed by atoms with Gasteiger partial charge in [-0.15, -0.1) is 0 Å². The molecule has 2 aromatic carbocycles. The number of aryl methyl sites for hydroxylation is 2. The van der Waals surface area contributed by atoms with Crippen LogP contribution in [0.15, 0.2) is 36.4 Å². The second-order valence-electron chi connectivity index (χ2n) is 5.52. The van der Waals surface area contributed by atoms with Crippen molar-refractivity contribution in [3.8, 4) is 28.5 Å². The van der Waals surface area contributed by atoms with Crippen LogP contribution >= 0.6 is 0 Å². The summed E-state index contributed by atoms with van der Waals surface area (Å²) in [5.41, 5.74) is 4.39. The fourth-order valence-corrected chi connectivity index (χ4v) is 2.76. The topological polar surface area (TPSA) is 51.6 Å². The lowest BCUT2D eigenvalue weighted by molar-refractivity contribution is 0.356. The molecule has 0 aliphatic carbocycles. The van der Waals surface area contributed by atoms with E-state index in [4.69, 9.17) is 14.5 Å². The number of para-hydroxylation sites is 1. The van der Waals surface area contributed by atoms with Crippen molar-refractivity contribution in [2.24, 2.45) is 0 Å². The van der Waals surface area contributed by atoms with Gasteiger partial charge in [-0.25, -0.2) is 4.98 Å². The maximum absolute atomic E-state index is 9.91. The SMILES string of the molecule is COc1cccc(-c2cc(C)c3cc(O)c(C)cc3n2)c1OC. The number of phenolic OH excluding ortho intramolecular Hbond substituents is 1. The van der Waals surface area contributed by atoms with Gasteiger partial charge in [0.2, 0.25) is 0 Å². The number of pyridine rings is 1. The Kier molecular flexibility index (Phi) is 3.82. The molecule has 0 amide bonds. The standard InChI is InChI=1S/C19H19NO3/c1-11-8-15(13-6-5-7-18(22-3)19(13)23-4)20-16-9-12(2)17(21)10-14(11)16/h5-10,21H,1-4H3. The molecule has 0 saturated carbocycles. The molecule has 4 heteroatoms. The summed E-state index contributed by atoms with van der Waals surface area (Å²) in [5.74, 6) is 1.62. The van der Waals surface area contributed by atoms with Gasteiger partial charge in [-0.1, -0.05) is 6.07 Å². The van der Waals surface area contributed by atoms with Gasteiger partial charge in [0.25, 0.3) is 0 Å². The van der Waals surface area contributed by atoms with Gasteiger partial charge in [-0.2, -0.15) is 0 Å². The van der Waals surface area contributed by atoms with Gasteiger partial charge in [0.15, 0.2) is 11.5 Å². The normalized spacial score (nSPS) is 10.8. The van der Waals surface area contributed by atoms with Crippen molar-refractivity contribution < 1.29 is 14.6 Å². The van der Waals surface area contributed by atoms with Crippen molar-refractivity contribution in [3.63, 3.8) is 0 Å². The van der Waals surface area contributed by atoms with Gasteiger partial charge >= 0.3 is 0 Å². The third-order valence-electron chi connectivity index (χ3n) is 4.01. The van der Waals surface area contributed by atoms with Crippen molar-refractivity contribution in [2.45, 2.75) is 13.8 Å². The van der Waals surface area contributed by atoms with E-state index in [9.17, 15) is 5.11 Å². The molecule has 4 nitrogen and oxygen atoms in total. The number of phenols is 1. The predicted octanol–water partition coefficient (Wildman–Crippen LogP) is 4.24. The first-order valence-corrected chi connectivity index (χ1v) is 7.37.